The number of carbonyl (C=O) groups is 1. The molecule has 1 aliphatic rings. The van der Waals surface area contributed by atoms with Gasteiger partial charge in [-0.15, -0.1) is 0 Å². The normalized spacial score (nSPS) is 20.2. The van der Waals surface area contributed by atoms with E-state index in [2.05, 4.69) is 30.9 Å². The SMILES string of the molecule is CC(C)NC(=O)O[C@H]1C[C@@H](c2cc(Nc3nc(-c4cnn(C)c4)cc4nccn34)n[nH]2)C[C@H]1F. The molecule has 1 amide bonds. The Morgan fingerprint density at radius 3 is 2.94 bits per heavy atom. The number of aromatic nitrogens is 7. The molecule has 0 aliphatic heterocycles. The maximum atomic E-state index is 14.5. The van der Waals surface area contributed by atoms with Crippen molar-refractivity contribution in [1.82, 2.24) is 39.7 Å². The Balaban J connectivity index is 1.32. The average molecular weight is 468 g/mol. The van der Waals surface area contributed by atoms with Crippen molar-refractivity contribution in [3.8, 4) is 11.3 Å². The summed E-state index contributed by atoms with van der Waals surface area (Å²) >= 11 is 0. The molecular formula is C22H26FN9O2. The Morgan fingerprint density at radius 2 is 2.18 bits per heavy atom. The van der Waals surface area contributed by atoms with Gasteiger partial charge in [0.15, 0.2) is 5.82 Å². The third-order valence-corrected chi connectivity index (χ3v) is 5.76. The molecule has 178 valence electrons. The van der Waals surface area contributed by atoms with E-state index in [0.717, 1.165) is 22.6 Å². The Hall–Kier alpha value is -3.96. The van der Waals surface area contributed by atoms with Crippen molar-refractivity contribution >= 4 is 23.5 Å². The summed E-state index contributed by atoms with van der Waals surface area (Å²) in [6, 6.07) is 3.64. The van der Waals surface area contributed by atoms with Gasteiger partial charge in [0.1, 0.15) is 17.9 Å². The van der Waals surface area contributed by atoms with Crippen LogP contribution in [-0.4, -0.2) is 58.8 Å². The fourth-order valence-electron chi connectivity index (χ4n) is 4.17. The smallest absolute Gasteiger partial charge is 0.407 e. The van der Waals surface area contributed by atoms with Crippen LogP contribution in [0.15, 0.2) is 36.9 Å². The summed E-state index contributed by atoms with van der Waals surface area (Å²) in [6.45, 7) is 3.65. The fraction of sp³-hybridized carbons (Fsp3) is 0.409. The Kier molecular flexibility index (Phi) is 5.64. The molecule has 1 saturated carbocycles. The van der Waals surface area contributed by atoms with E-state index in [4.69, 9.17) is 9.72 Å². The van der Waals surface area contributed by atoms with Crippen molar-refractivity contribution in [2.75, 3.05) is 5.32 Å². The molecule has 4 aromatic heterocycles. The van der Waals surface area contributed by atoms with Crippen LogP contribution in [0.1, 0.15) is 38.3 Å². The van der Waals surface area contributed by atoms with E-state index < -0.39 is 18.4 Å². The molecule has 5 rings (SSSR count). The molecule has 0 saturated heterocycles. The zero-order valence-electron chi connectivity index (χ0n) is 19.1. The number of H-pyrrole nitrogens is 1. The molecule has 0 spiro atoms. The van der Waals surface area contributed by atoms with Crippen LogP contribution >= 0.6 is 0 Å². The maximum absolute atomic E-state index is 14.5. The number of alkyl halides is 1. The van der Waals surface area contributed by atoms with E-state index in [1.165, 1.54) is 0 Å². The minimum atomic E-state index is -1.23. The zero-order chi connectivity index (χ0) is 23.8. The monoisotopic (exact) mass is 467 g/mol. The number of hydrogen-bond acceptors (Lipinski definition) is 7. The third-order valence-electron chi connectivity index (χ3n) is 5.76. The first-order valence-corrected chi connectivity index (χ1v) is 11.1. The number of aryl methyl sites for hydroxylation is 1. The number of nitrogens with zero attached hydrogens (tertiary/aromatic N) is 6. The number of anilines is 2. The lowest BCUT2D eigenvalue weighted by molar-refractivity contribution is 0.0593. The molecule has 4 heterocycles. The van der Waals surface area contributed by atoms with Crippen LogP contribution in [0.2, 0.25) is 0 Å². The second kappa shape index (κ2) is 8.76. The molecule has 3 atom stereocenters. The highest BCUT2D eigenvalue weighted by molar-refractivity contribution is 5.68. The summed E-state index contributed by atoms with van der Waals surface area (Å²) < 4.78 is 23.4. The molecule has 1 fully saturated rings. The molecule has 11 nitrogen and oxygen atoms in total. The summed E-state index contributed by atoms with van der Waals surface area (Å²) in [5.41, 5.74) is 3.08. The highest BCUT2D eigenvalue weighted by Crippen LogP contribution is 2.38. The van der Waals surface area contributed by atoms with E-state index in [1.54, 1.807) is 23.3 Å². The van der Waals surface area contributed by atoms with Crippen molar-refractivity contribution in [2.45, 2.75) is 50.9 Å². The van der Waals surface area contributed by atoms with Gasteiger partial charge in [-0.25, -0.2) is 19.2 Å². The molecule has 0 aromatic carbocycles. The van der Waals surface area contributed by atoms with E-state index in [-0.39, 0.29) is 18.4 Å². The Labute approximate surface area is 194 Å². The minimum absolute atomic E-state index is 0.0729. The number of rotatable bonds is 6. The van der Waals surface area contributed by atoms with Gasteiger partial charge >= 0.3 is 6.09 Å². The van der Waals surface area contributed by atoms with Gasteiger partial charge < -0.3 is 15.4 Å². The number of nitrogens with one attached hydrogen (secondary N) is 3. The molecule has 34 heavy (non-hydrogen) atoms. The first kappa shape index (κ1) is 21.9. The lowest BCUT2D eigenvalue weighted by Gasteiger charge is -2.16. The largest absolute Gasteiger partial charge is 0.443 e. The summed E-state index contributed by atoms with van der Waals surface area (Å²) in [7, 11) is 1.85. The third kappa shape index (κ3) is 4.43. The Morgan fingerprint density at radius 1 is 1.32 bits per heavy atom. The van der Waals surface area contributed by atoms with Gasteiger partial charge in [0.05, 0.1) is 11.9 Å². The number of alkyl carbamates (subject to hydrolysis) is 1. The number of halogens is 1. The van der Waals surface area contributed by atoms with Crippen molar-refractivity contribution in [3.05, 3.63) is 42.6 Å². The van der Waals surface area contributed by atoms with Gasteiger partial charge in [0.2, 0.25) is 5.95 Å². The van der Waals surface area contributed by atoms with E-state index >= 15 is 0 Å². The van der Waals surface area contributed by atoms with Crippen LogP contribution in [0.4, 0.5) is 21.0 Å². The number of imidazole rings is 1. The number of aromatic amines is 1. The predicted molar refractivity (Wildman–Crippen MR) is 122 cm³/mol. The van der Waals surface area contributed by atoms with Crippen LogP contribution < -0.4 is 10.6 Å². The van der Waals surface area contributed by atoms with Crippen LogP contribution in [0, 0.1) is 0 Å². The highest BCUT2D eigenvalue weighted by Gasteiger charge is 2.38. The molecule has 0 radical (unpaired) electrons. The maximum Gasteiger partial charge on any atom is 0.407 e. The van der Waals surface area contributed by atoms with E-state index in [9.17, 15) is 9.18 Å². The fourth-order valence-corrected chi connectivity index (χ4v) is 4.17. The van der Waals surface area contributed by atoms with Crippen LogP contribution in [-0.2, 0) is 11.8 Å². The number of ether oxygens (including phenoxy) is 1. The van der Waals surface area contributed by atoms with Gasteiger partial charge in [-0.1, -0.05) is 0 Å². The van der Waals surface area contributed by atoms with Crippen molar-refractivity contribution in [2.24, 2.45) is 7.05 Å². The van der Waals surface area contributed by atoms with Crippen molar-refractivity contribution < 1.29 is 13.9 Å². The minimum Gasteiger partial charge on any atom is -0.443 e. The second-order valence-electron chi connectivity index (χ2n) is 8.78. The number of fused-ring (bicyclic) bond motifs is 1. The summed E-state index contributed by atoms with van der Waals surface area (Å²) in [4.78, 5) is 21.0. The molecular weight excluding hydrogens is 441 g/mol. The van der Waals surface area contributed by atoms with Crippen LogP contribution in [0.25, 0.3) is 16.9 Å². The number of amides is 1. The van der Waals surface area contributed by atoms with Gasteiger partial charge in [-0.3, -0.25) is 14.2 Å². The number of carbonyl (C=O) groups excluding carboxylic acids is 1. The number of hydrogen-bond donors (Lipinski definition) is 3. The predicted octanol–water partition coefficient (Wildman–Crippen LogP) is 3.32. The molecule has 12 heteroatoms. The van der Waals surface area contributed by atoms with Gasteiger partial charge in [0, 0.05) is 61.0 Å². The quantitative estimate of drug-likeness (QED) is 0.397. The van der Waals surface area contributed by atoms with Crippen LogP contribution in [0.3, 0.4) is 0 Å². The van der Waals surface area contributed by atoms with E-state index in [1.807, 2.05) is 43.6 Å². The van der Waals surface area contributed by atoms with Crippen LogP contribution in [0.5, 0.6) is 0 Å². The first-order chi connectivity index (χ1) is 16.4. The molecule has 0 unspecified atom stereocenters. The van der Waals surface area contributed by atoms with Gasteiger partial charge in [-0.2, -0.15) is 10.2 Å². The Bertz CT molecular complexity index is 1310. The lowest BCUT2D eigenvalue weighted by Crippen LogP contribution is -2.35. The average Bonchev–Trinajstić information content (AvgIpc) is 3.55. The van der Waals surface area contributed by atoms with Crippen molar-refractivity contribution in [3.63, 3.8) is 0 Å². The molecule has 0 bridgehead atoms. The molecule has 1 aliphatic carbocycles. The second-order valence-corrected chi connectivity index (χ2v) is 8.78. The van der Waals surface area contributed by atoms with Gasteiger partial charge in [-0.05, 0) is 26.7 Å². The highest BCUT2D eigenvalue weighted by atomic mass is 19.1. The standard InChI is InChI=1S/C22H26FN9O2/c1-12(2)26-22(33)34-18-7-13(6-15(18)23)17-8-19(30-29-17)28-21-27-16(14-10-25-31(3)11-14)9-20-24-4-5-32(20)21/h4-5,8-13,15,18H,6-7H2,1-3H3,(H,26,33)(H2,27,28,29,30)/t13-,15+,18-/m0/s1. The lowest BCUT2D eigenvalue weighted by atomic mass is 10.0. The first-order valence-electron chi connectivity index (χ1n) is 11.1. The topological polar surface area (TPSA) is 127 Å². The summed E-state index contributed by atoms with van der Waals surface area (Å²) in [5, 5.41) is 17.4. The molecule has 3 N–H and O–H groups in total. The molecule has 4 aromatic rings. The summed E-state index contributed by atoms with van der Waals surface area (Å²) in [6.07, 6.45) is 5.14. The zero-order valence-corrected chi connectivity index (χ0v) is 19.1. The van der Waals surface area contributed by atoms with Gasteiger partial charge in [0.25, 0.3) is 0 Å². The van der Waals surface area contributed by atoms with Crippen molar-refractivity contribution in [1.29, 1.82) is 0 Å². The van der Waals surface area contributed by atoms with E-state index in [0.29, 0.717) is 18.2 Å². The summed E-state index contributed by atoms with van der Waals surface area (Å²) in [5.74, 6) is 0.935.